The van der Waals surface area contributed by atoms with Gasteiger partial charge in [-0.05, 0) is 61.1 Å². The highest BCUT2D eigenvalue weighted by Gasteiger charge is 2.37. The zero-order chi connectivity index (χ0) is 27.2. The number of benzene rings is 1. The van der Waals surface area contributed by atoms with Crippen molar-refractivity contribution in [2.75, 3.05) is 11.9 Å². The molecule has 0 aliphatic heterocycles. The first kappa shape index (κ1) is 29.6. The summed E-state index contributed by atoms with van der Waals surface area (Å²) in [6.07, 6.45) is 15.4. The molecule has 1 aliphatic rings. The Bertz CT molecular complexity index is 1050. The van der Waals surface area contributed by atoms with Gasteiger partial charge in [0.05, 0.1) is 23.4 Å². The van der Waals surface area contributed by atoms with E-state index < -0.39 is 11.4 Å². The number of aliphatic carboxylic acids is 1. The first-order valence-corrected chi connectivity index (χ1v) is 14.3. The van der Waals surface area contributed by atoms with Crippen molar-refractivity contribution in [1.82, 2.24) is 4.98 Å². The lowest BCUT2D eigenvalue weighted by molar-refractivity contribution is -0.151. The molecule has 6 nitrogen and oxygen atoms in total. The average Bonchev–Trinajstić information content (AvgIpc) is 2.93. The largest absolute Gasteiger partial charge is 0.481 e. The van der Waals surface area contributed by atoms with Crippen LogP contribution in [0.1, 0.15) is 101 Å². The van der Waals surface area contributed by atoms with E-state index in [9.17, 15) is 14.7 Å². The Kier molecular flexibility index (Phi) is 12.0. The number of pyridine rings is 1. The van der Waals surface area contributed by atoms with Crippen LogP contribution in [0.3, 0.4) is 0 Å². The molecular formula is C32H44N2O4. The van der Waals surface area contributed by atoms with Crippen LogP contribution in [0.5, 0.6) is 0 Å². The van der Waals surface area contributed by atoms with E-state index in [1.54, 1.807) is 6.07 Å². The van der Waals surface area contributed by atoms with E-state index in [0.29, 0.717) is 25.1 Å². The normalized spacial score (nSPS) is 14.6. The molecule has 2 N–H and O–H groups in total. The molecule has 0 atom stereocenters. The van der Waals surface area contributed by atoms with E-state index in [2.05, 4.69) is 10.3 Å². The van der Waals surface area contributed by atoms with E-state index in [-0.39, 0.29) is 12.3 Å². The highest BCUT2D eigenvalue weighted by atomic mass is 16.5. The molecule has 1 aromatic carbocycles. The van der Waals surface area contributed by atoms with E-state index in [1.165, 1.54) is 44.9 Å². The van der Waals surface area contributed by atoms with Crippen molar-refractivity contribution < 1.29 is 19.4 Å². The Hall–Kier alpha value is -2.99. The number of amides is 1. The molecule has 2 aromatic rings. The molecule has 206 valence electrons. The van der Waals surface area contributed by atoms with Crippen molar-refractivity contribution in [3.05, 3.63) is 59.4 Å². The number of carbonyl (C=O) groups is 2. The lowest BCUT2D eigenvalue weighted by Crippen LogP contribution is -2.34. The summed E-state index contributed by atoms with van der Waals surface area (Å²) in [7, 11) is 0. The molecule has 0 radical (unpaired) electrons. The van der Waals surface area contributed by atoms with Gasteiger partial charge in [0, 0.05) is 18.7 Å². The van der Waals surface area contributed by atoms with Gasteiger partial charge in [0.15, 0.2) is 0 Å². The first-order chi connectivity index (χ1) is 18.4. The van der Waals surface area contributed by atoms with Crippen LogP contribution >= 0.6 is 0 Å². The number of unbranched alkanes of at least 4 members (excludes halogenated alkanes) is 1. The molecule has 1 aliphatic carbocycles. The summed E-state index contributed by atoms with van der Waals surface area (Å²) in [5.74, 6) is -0.283. The van der Waals surface area contributed by atoms with Crippen LogP contribution in [0.2, 0.25) is 0 Å². The predicted molar refractivity (Wildman–Crippen MR) is 154 cm³/mol. The molecule has 0 unspecified atom stereocenters. The van der Waals surface area contributed by atoms with Crippen LogP contribution in [-0.4, -0.2) is 28.6 Å². The monoisotopic (exact) mass is 520 g/mol. The van der Waals surface area contributed by atoms with Gasteiger partial charge in [0.1, 0.15) is 0 Å². The lowest BCUT2D eigenvalue weighted by Gasteiger charge is -2.25. The van der Waals surface area contributed by atoms with Crippen molar-refractivity contribution in [3.63, 3.8) is 0 Å². The molecule has 1 aromatic heterocycles. The summed E-state index contributed by atoms with van der Waals surface area (Å²) in [4.78, 5) is 29.0. The molecule has 1 fully saturated rings. The van der Waals surface area contributed by atoms with Gasteiger partial charge in [-0.15, -0.1) is 0 Å². The maximum absolute atomic E-state index is 12.6. The van der Waals surface area contributed by atoms with Gasteiger partial charge >= 0.3 is 5.97 Å². The summed E-state index contributed by atoms with van der Waals surface area (Å²) >= 11 is 0. The van der Waals surface area contributed by atoms with Gasteiger partial charge < -0.3 is 15.2 Å². The number of carbonyl (C=O) groups excluding carboxylic acids is 1. The zero-order valence-electron chi connectivity index (χ0n) is 23.1. The number of hydrogen-bond donors (Lipinski definition) is 2. The van der Waals surface area contributed by atoms with Crippen molar-refractivity contribution in [3.8, 4) is 0 Å². The van der Waals surface area contributed by atoms with E-state index in [4.69, 9.17) is 4.74 Å². The molecule has 0 spiro atoms. The summed E-state index contributed by atoms with van der Waals surface area (Å²) in [6.45, 7) is 4.91. The van der Waals surface area contributed by atoms with Crippen molar-refractivity contribution in [1.29, 1.82) is 0 Å². The van der Waals surface area contributed by atoms with Crippen LogP contribution in [0.4, 0.5) is 5.69 Å². The Morgan fingerprint density at radius 2 is 1.82 bits per heavy atom. The summed E-state index contributed by atoms with van der Waals surface area (Å²) < 4.78 is 5.88. The number of hydrogen-bond acceptors (Lipinski definition) is 4. The quantitative estimate of drug-likeness (QED) is 0.235. The molecule has 38 heavy (non-hydrogen) atoms. The van der Waals surface area contributed by atoms with Gasteiger partial charge in [-0.2, -0.15) is 0 Å². The topological polar surface area (TPSA) is 88.5 Å². The number of rotatable bonds is 15. The number of nitrogens with zero attached hydrogens (tertiary/aromatic N) is 1. The minimum Gasteiger partial charge on any atom is -0.481 e. The third-order valence-corrected chi connectivity index (χ3v) is 7.88. The average molecular weight is 521 g/mol. The smallest absolute Gasteiger partial charge is 0.310 e. The maximum atomic E-state index is 12.6. The number of carboxylic acids is 1. The Morgan fingerprint density at radius 3 is 2.55 bits per heavy atom. The highest BCUT2D eigenvalue weighted by Crippen LogP contribution is 2.31. The van der Waals surface area contributed by atoms with Gasteiger partial charge in [0.2, 0.25) is 5.91 Å². The third kappa shape index (κ3) is 9.39. The molecular weight excluding hydrogens is 476 g/mol. The Morgan fingerprint density at radius 1 is 1.05 bits per heavy atom. The molecule has 1 amide bonds. The molecule has 3 rings (SSSR count). The molecule has 6 heteroatoms. The minimum absolute atomic E-state index is 0.0469. The minimum atomic E-state index is -1.03. The Labute approximate surface area is 227 Å². The van der Waals surface area contributed by atoms with Crippen LogP contribution in [-0.2, 0) is 20.9 Å². The van der Waals surface area contributed by atoms with E-state index in [1.807, 2.05) is 62.4 Å². The maximum Gasteiger partial charge on any atom is 0.310 e. The van der Waals surface area contributed by atoms with Crippen LogP contribution < -0.4 is 5.32 Å². The number of ether oxygens (including phenoxy) is 1. The standard InChI is InChI=1S/C32H44N2O4/c1-3-32(4-2,31(36)37)23-30(35)34-28-17-10-15-26(22-28)19-20-27-16-11-18-29(33-27)24-38-21-9-8-14-25-12-6-5-7-13-25/h10-11,15-20,22,25H,3-9,12-14,21,23-24H2,1-2H3,(H,34,35)(H,36,37). The number of carboxylic acid groups (broad SMARTS) is 1. The molecule has 1 heterocycles. The number of aromatic nitrogens is 1. The molecule has 0 saturated heterocycles. The van der Waals surface area contributed by atoms with Crippen LogP contribution in [0, 0.1) is 11.3 Å². The molecule has 1 saturated carbocycles. The fourth-order valence-electron chi connectivity index (χ4n) is 5.25. The van der Waals surface area contributed by atoms with E-state index in [0.717, 1.165) is 35.9 Å². The second kappa shape index (κ2) is 15.4. The summed E-state index contributed by atoms with van der Waals surface area (Å²) in [5, 5.41) is 12.5. The predicted octanol–water partition coefficient (Wildman–Crippen LogP) is 7.74. The highest BCUT2D eigenvalue weighted by molar-refractivity contribution is 5.94. The number of anilines is 1. The zero-order valence-corrected chi connectivity index (χ0v) is 23.1. The van der Waals surface area contributed by atoms with Gasteiger partial charge in [-0.1, -0.05) is 83.1 Å². The fourth-order valence-corrected chi connectivity index (χ4v) is 5.25. The molecule has 0 bridgehead atoms. The van der Waals surface area contributed by atoms with Crippen molar-refractivity contribution >= 4 is 29.7 Å². The summed E-state index contributed by atoms with van der Waals surface area (Å²) in [5.41, 5.74) is 2.28. The van der Waals surface area contributed by atoms with Crippen LogP contribution in [0.25, 0.3) is 12.2 Å². The summed E-state index contributed by atoms with van der Waals surface area (Å²) in [6, 6.07) is 13.4. The van der Waals surface area contributed by atoms with Gasteiger partial charge in [0.25, 0.3) is 0 Å². The van der Waals surface area contributed by atoms with E-state index >= 15 is 0 Å². The third-order valence-electron chi connectivity index (χ3n) is 7.88. The van der Waals surface area contributed by atoms with Crippen molar-refractivity contribution in [2.24, 2.45) is 11.3 Å². The SMILES string of the molecule is CCC(CC)(CC(=O)Nc1cccc(C=Cc2cccc(COCCCCC3CCCCC3)n2)c1)C(=O)O. The lowest BCUT2D eigenvalue weighted by atomic mass is 9.79. The Balaban J connectivity index is 1.46. The second-order valence-corrected chi connectivity index (χ2v) is 10.6. The first-order valence-electron chi connectivity index (χ1n) is 14.3. The number of nitrogens with one attached hydrogen (secondary N) is 1. The van der Waals surface area contributed by atoms with Crippen LogP contribution in [0.15, 0.2) is 42.5 Å². The van der Waals surface area contributed by atoms with Gasteiger partial charge in [-0.25, -0.2) is 0 Å². The van der Waals surface area contributed by atoms with Crippen molar-refractivity contribution in [2.45, 2.75) is 91.1 Å². The fraction of sp³-hybridized carbons (Fsp3) is 0.531. The second-order valence-electron chi connectivity index (χ2n) is 10.6. The van der Waals surface area contributed by atoms with Gasteiger partial charge in [-0.3, -0.25) is 14.6 Å².